The van der Waals surface area contributed by atoms with E-state index in [2.05, 4.69) is 20.5 Å². The molecule has 2 aromatic heterocycles. The summed E-state index contributed by atoms with van der Waals surface area (Å²) in [5, 5.41) is 9.84. The van der Waals surface area contributed by atoms with Crippen LogP contribution in [0.1, 0.15) is 77.2 Å². The average Bonchev–Trinajstić information content (AvgIpc) is 3.65. The van der Waals surface area contributed by atoms with Crippen molar-refractivity contribution in [3.8, 4) is 0 Å². The monoisotopic (exact) mass is 595 g/mol. The van der Waals surface area contributed by atoms with Crippen molar-refractivity contribution >= 4 is 44.5 Å². The number of imidazole rings is 1. The predicted octanol–water partition coefficient (Wildman–Crippen LogP) is 3.85. The summed E-state index contributed by atoms with van der Waals surface area (Å²) in [6.45, 7) is 2.21. The van der Waals surface area contributed by atoms with E-state index < -0.39 is 10.0 Å². The molecule has 13 heteroatoms. The van der Waals surface area contributed by atoms with Crippen molar-refractivity contribution in [2.45, 2.75) is 100 Å². The molecule has 12 nitrogen and oxygen atoms in total. The first kappa shape index (κ1) is 28.8. The molecule has 226 valence electrons. The van der Waals surface area contributed by atoms with Crippen LogP contribution in [0.15, 0.2) is 35.5 Å². The number of hydrogen-bond donors (Lipinski definition) is 4. The maximum Gasteiger partial charge on any atom is 0.243 e. The number of fused-ring (bicyclic) bond motifs is 1. The van der Waals surface area contributed by atoms with Crippen LogP contribution in [0, 0.1) is 0 Å². The Labute approximate surface area is 246 Å². The van der Waals surface area contributed by atoms with Gasteiger partial charge in [0, 0.05) is 49.9 Å². The van der Waals surface area contributed by atoms with Crippen molar-refractivity contribution in [2.75, 3.05) is 29.0 Å². The van der Waals surface area contributed by atoms with Crippen molar-refractivity contribution in [3.05, 3.63) is 30.6 Å². The van der Waals surface area contributed by atoms with Crippen molar-refractivity contribution in [3.63, 3.8) is 0 Å². The third-order valence-corrected chi connectivity index (χ3v) is 10.8. The number of nitrogens with zero attached hydrogens (tertiary/aromatic N) is 5. The van der Waals surface area contributed by atoms with Crippen molar-refractivity contribution in [1.82, 2.24) is 23.8 Å². The number of aromatic nitrogens is 4. The molecule has 3 aliphatic rings. The molecule has 3 heterocycles. The van der Waals surface area contributed by atoms with E-state index in [1.54, 1.807) is 12.1 Å². The number of piperidine rings is 1. The molecule has 6 rings (SSSR count). The Kier molecular flexibility index (Phi) is 8.33. The quantitative estimate of drug-likeness (QED) is 0.303. The molecule has 0 atom stereocenters. The van der Waals surface area contributed by atoms with E-state index in [0.717, 1.165) is 49.7 Å². The van der Waals surface area contributed by atoms with Gasteiger partial charge in [-0.15, -0.1) is 0 Å². The molecule has 0 bridgehead atoms. The molecular formula is C29H41N9O3S. The Balaban J connectivity index is 1.17. The second-order valence-electron chi connectivity index (χ2n) is 11.9. The summed E-state index contributed by atoms with van der Waals surface area (Å²) in [6, 6.07) is 7.31. The zero-order chi connectivity index (χ0) is 29.3. The SMILES string of the molecule is CC(=O)Nc1ccc(S(=O)(=O)N2CCC(Nc3nc(N[C@H]4CC[C@H](N)CC4)nc4c3ncn4C3CCCC3)CC2)cc1. The Bertz CT molecular complexity index is 1500. The molecule has 42 heavy (non-hydrogen) atoms. The molecule has 2 saturated carbocycles. The molecule has 3 fully saturated rings. The lowest BCUT2D eigenvalue weighted by molar-refractivity contribution is -0.114. The first-order valence-corrected chi connectivity index (χ1v) is 16.6. The first-order chi connectivity index (χ1) is 20.3. The predicted molar refractivity (Wildman–Crippen MR) is 163 cm³/mol. The van der Waals surface area contributed by atoms with Crippen LogP contribution in [0.4, 0.5) is 17.5 Å². The third-order valence-electron chi connectivity index (χ3n) is 8.85. The topological polar surface area (TPSA) is 160 Å². The minimum atomic E-state index is -3.64. The molecule has 0 radical (unpaired) electrons. The van der Waals surface area contributed by atoms with E-state index in [4.69, 9.17) is 20.7 Å². The van der Waals surface area contributed by atoms with Crippen LogP contribution in [0.3, 0.4) is 0 Å². The van der Waals surface area contributed by atoms with Gasteiger partial charge in [0.2, 0.25) is 21.9 Å². The minimum Gasteiger partial charge on any atom is -0.365 e. The van der Waals surface area contributed by atoms with Gasteiger partial charge in [-0.2, -0.15) is 14.3 Å². The number of sulfonamides is 1. The maximum absolute atomic E-state index is 13.3. The Morgan fingerprint density at radius 3 is 2.24 bits per heavy atom. The van der Waals surface area contributed by atoms with E-state index in [-0.39, 0.29) is 22.9 Å². The minimum absolute atomic E-state index is 0.0499. The summed E-state index contributed by atoms with van der Waals surface area (Å²) in [5.41, 5.74) is 8.29. The van der Waals surface area contributed by atoms with Crippen LogP contribution in [-0.2, 0) is 14.8 Å². The van der Waals surface area contributed by atoms with Crippen LogP contribution in [-0.4, -0.2) is 69.4 Å². The van der Waals surface area contributed by atoms with Gasteiger partial charge in [0.05, 0.1) is 11.2 Å². The molecule has 1 saturated heterocycles. The highest BCUT2D eigenvalue weighted by molar-refractivity contribution is 7.89. The fourth-order valence-corrected chi connectivity index (χ4v) is 7.94. The van der Waals surface area contributed by atoms with Gasteiger partial charge in [0.15, 0.2) is 17.0 Å². The molecule has 2 aliphatic carbocycles. The molecule has 1 aliphatic heterocycles. The number of benzene rings is 1. The van der Waals surface area contributed by atoms with Gasteiger partial charge in [0.25, 0.3) is 0 Å². The van der Waals surface area contributed by atoms with E-state index >= 15 is 0 Å². The highest BCUT2D eigenvalue weighted by Gasteiger charge is 2.31. The van der Waals surface area contributed by atoms with Gasteiger partial charge >= 0.3 is 0 Å². The van der Waals surface area contributed by atoms with Gasteiger partial charge in [-0.3, -0.25) is 4.79 Å². The van der Waals surface area contributed by atoms with Gasteiger partial charge in [0.1, 0.15) is 0 Å². The molecule has 0 unspecified atom stereocenters. The van der Waals surface area contributed by atoms with E-state index in [1.165, 1.54) is 36.2 Å². The molecule has 1 amide bonds. The lowest BCUT2D eigenvalue weighted by atomic mass is 9.92. The largest absolute Gasteiger partial charge is 0.365 e. The standard InChI is InChI=1S/C29H41N9O3S/c1-19(39)32-21-10-12-25(13-11-21)42(40,41)37-16-14-23(15-17-37)33-27-26-28(38(18-31-26)24-4-2-3-5-24)36-29(35-27)34-22-8-6-20(30)7-9-22/h10-13,18,20,22-24H,2-9,14-17,30H2,1H3,(H,32,39)(H2,33,34,35,36)/t20-,22-. The highest BCUT2D eigenvalue weighted by atomic mass is 32.2. The summed E-state index contributed by atoms with van der Waals surface area (Å²) in [5.74, 6) is 1.10. The molecule has 0 spiro atoms. The van der Waals surface area contributed by atoms with Gasteiger partial charge in [-0.05, 0) is 75.6 Å². The Morgan fingerprint density at radius 2 is 1.57 bits per heavy atom. The lowest BCUT2D eigenvalue weighted by Crippen LogP contribution is -2.42. The van der Waals surface area contributed by atoms with Crippen molar-refractivity contribution in [2.24, 2.45) is 5.73 Å². The third kappa shape index (κ3) is 6.23. The summed E-state index contributed by atoms with van der Waals surface area (Å²) >= 11 is 0. The first-order valence-electron chi connectivity index (χ1n) is 15.2. The second kappa shape index (κ2) is 12.1. The molecule has 1 aromatic carbocycles. The van der Waals surface area contributed by atoms with E-state index in [1.807, 2.05) is 6.33 Å². The van der Waals surface area contributed by atoms with E-state index in [0.29, 0.717) is 55.5 Å². The average molecular weight is 596 g/mol. The Hall–Kier alpha value is -3.29. The summed E-state index contributed by atoms with van der Waals surface area (Å²) < 4.78 is 30.4. The summed E-state index contributed by atoms with van der Waals surface area (Å²) in [6.07, 6.45) is 11.8. The number of rotatable bonds is 8. The zero-order valence-corrected chi connectivity index (χ0v) is 24.9. The normalized spacial score (nSPS) is 22.8. The number of amides is 1. The zero-order valence-electron chi connectivity index (χ0n) is 24.1. The van der Waals surface area contributed by atoms with Crippen molar-refractivity contribution in [1.29, 1.82) is 0 Å². The lowest BCUT2D eigenvalue weighted by Gasteiger charge is -2.32. The van der Waals surface area contributed by atoms with Crippen molar-refractivity contribution < 1.29 is 13.2 Å². The van der Waals surface area contributed by atoms with Gasteiger partial charge in [-0.1, -0.05) is 12.8 Å². The Morgan fingerprint density at radius 1 is 0.905 bits per heavy atom. The number of hydrogen-bond acceptors (Lipinski definition) is 9. The van der Waals surface area contributed by atoms with Crippen LogP contribution in [0.2, 0.25) is 0 Å². The smallest absolute Gasteiger partial charge is 0.243 e. The molecule has 3 aromatic rings. The molecular weight excluding hydrogens is 554 g/mol. The highest BCUT2D eigenvalue weighted by Crippen LogP contribution is 2.34. The van der Waals surface area contributed by atoms with Crippen LogP contribution >= 0.6 is 0 Å². The van der Waals surface area contributed by atoms with Crippen LogP contribution in [0.25, 0.3) is 11.2 Å². The van der Waals surface area contributed by atoms with Gasteiger partial charge < -0.3 is 26.3 Å². The fraction of sp³-hybridized carbons (Fsp3) is 0.586. The second-order valence-corrected chi connectivity index (χ2v) is 13.9. The maximum atomic E-state index is 13.3. The van der Waals surface area contributed by atoms with E-state index in [9.17, 15) is 13.2 Å². The summed E-state index contributed by atoms with van der Waals surface area (Å²) in [4.78, 5) is 26.1. The number of carbonyl (C=O) groups is 1. The number of carbonyl (C=O) groups excluding carboxylic acids is 1. The van der Waals surface area contributed by atoms with Crippen LogP contribution < -0.4 is 21.7 Å². The number of nitrogens with one attached hydrogen (secondary N) is 3. The number of nitrogens with two attached hydrogens (primary N) is 1. The number of anilines is 3. The van der Waals surface area contributed by atoms with Crippen LogP contribution in [0.5, 0.6) is 0 Å². The summed E-state index contributed by atoms with van der Waals surface area (Å²) in [7, 11) is -3.64. The molecule has 5 N–H and O–H groups in total. The van der Waals surface area contributed by atoms with Gasteiger partial charge in [-0.25, -0.2) is 13.4 Å². The fourth-order valence-electron chi connectivity index (χ4n) is 6.47.